The predicted octanol–water partition coefficient (Wildman–Crippen LogP) is 0.620. The summed E-state index contributed by atoms with van der Waals surface area (Å²) in [6.07, 6.45) is 0. The van der Waals surface area contributed by atoms with Gasteiger partial charge in [-0.3, -0.25) is 0 Å². The largest absolute Gasteiger partial charge is 0.497 e. The topological polar surface area (TPSA) is 64.6 Å². The maximum Gasteiger partial charge on any atom is 0.240 e. The highest BCUT2D eigenvalue weighted by Gasteiger charge is 2.13. The number of rotatable bonds is 6. The molecule has 0 radical (unpaired) electrons. The van der Waals surface area contributed by atoms with E-state index < -0.39 is 10.0 Å². The van der Waals surface area contributed by atoms with Crippen molar-refractivity contribution in [1.82, 2.24) is 4.72 Å². The number of sulfonamides is 1. The second kappa shape index (κ2) is 5.83. The van der Waals surface area contributed by atoms with Crippen LogP contribution in [0.25, 0.3) is 0 Å². The van der Waals surface area contributed by atoms with Gasteiger partial charge in [-0.25, -0.2) is 13.1 Å². The molecule has 0 bridgehead atoms. The van der Waals surface area contributed by atoms with E-state index in [1.807, 2.05) is 0 Å². The second-order valence-electron chi connectivity index (χ2n) is 3.07. The third kappa shape index (κ3) is 3.48. The van der Waals surface area contributed by atoms with Gasteiger partial charge in [0.05, 0.1) is 18.6 Å². The van der Waals surface area contributed by atoms with Crippen molar-refractivity contribution >= 4 is 10.0 Å². The van der Waals surface area contributed by atoms with Crippen LogP contribution in [0.3, 0.4) is 0 Å². The highest BCUT2D eigenvalue weighted by molar-refractivity contribution is 7.89. The van der Waals surface area contributed by atoms with Gasteiger partial charge >= 0.3 is 0 Å². The van der Waals surface area contributed by atoms with Crippen LogP contribution in [0.2, 0.25) is 0 Å². The van der Waals surface area contributed by atoms with Crippen LogP contribution >= 0.6 is 0 Å². The molecule has 0 unspecified atom stereocenters. The van der Waals surface area contributed by atoms with Gasteiger partial charge in [-0.1, -0.05) is 6.07 Å². The lowest BCUT2D eigenvalue weighted by Gasteiger charge is -2.07. The molecular weight excluding hydrogens is 230 g/mol. The van der Waals surface area contributed by atoms with Crippen molar-refractivity contribution in [1.29, 1.82) is 0 Å². The molecule has 0 fully saturated rings. The minimum Gasteiger partial charge on any atom is -0.497 e. The summed E-state index contributed by atoms with van der Waals surface area (Å²) in [7, 11) is -0.471. The summed E-state index contributed by atoms with van der Waals surface area (Å²) in [6, 6.07) is 6.30. The maximum atomic E-state index is 11.8. The molecule has 1 N–H and O–H groups in total. The third-order valence-corrected chi connectivity index (χ3v) is 3.41. The molecule has 1 aromatic rings. The molecule has 0 aliphatic rings. The van der Waals surface area contributed by atoms with Crippen LogP contribution in [0, 0.1) is 0 Å². The monoisotopic (exact) mass is 245 g/mol. The summed E-state index contributed by atoms with van der Waals surface area (Å²) < 4.78 is 35.7. The lowest BCUT2D eigenvalue weighted by molar-refractivity contribution is 0.204. The van der Waals surface area contributed by atoms with E-state index in [1.165, 1.54) is 26.4 Å². The SMILES string of the molecule is COCCNS(=O)(=O)c1cccc(OC)c1. The van der Waals surface area contributed by atoms with Crippen LogP contribution in [-0.2, 0) is 14.8 Å². The van der Waals surface area contributed by atoms with Gasteiger partial charge in [0.2, 0.25) is 10.0 Å². The Morgan fingerprint density at radius 3 is 2.69 bits per heavy atom. The van der Waals surface area contributed by atoms with Crippen LogP contribution in [0.4, 0.5) is 0 Å². The van der Waals surface area contributed by atoms with Crippen LogP contribution in [0.1, 0.15) is 0 Å². The van der Waals surface area contributed by atoms with Gasteiger partial charge in [0.1, 0.15) is 5.75 Å². The molecule has 0 aromatic heterocycles. The Labute approximate surface area is 95.4 Å². The number of methoxy groups -OCH3 is 2. The number of nitrogens with one attached hydrogen (secondary N) is 1. The average molecular weight is 245 g/mol. The van der Waals surface area contributed by atoms with E-state index in [4.69, 9.17) is 9.47 Å². The van der Waals surface area contributed by atoms with Gasteiger partial charge in [-0.15, -0.1) is 0 Å². The molecule has 1 aromatic carbocycles. The molecule has 0 aliphatic carbocycles. The standard InChI is InChI=1S/C10H15NO4S/c1-14-7-6-11-16(12,13)10-5-3-4-9(8-10)15-2/h3-5,8,11H,6-7H2,1-2H3. The Morgan fingerprint density at radius 1 is 1.31 bits per heavy atom. The molecule has 0 amide bonds. The van der Waals surface area contributed by atoms with Gasteiger partial charge in [0.15, 0.2) is 0 Å². The van der Waals surface area contributed by atoms with E-state index in [2.05, 4.69) is 4.72 Å². The molecule has 0 saturated carbocycles. The van der Waals surface area contributed by atoms with Gasteiger partial charge in [-0.05, 0) is 12.1 Å². The van der Waals surface area contributed by atoms with E-state index >= 15 is 0 Å². The Morgan fingerprint density at radius 2 is 2.06 bits per heavy atom. The fourth-order valence-corrected chi connectivity index (χ4v) is 2.18. The van der Waals surface area contributed by atoms with Crippen molar-refractivity contribution < 1.29 is 17.9 Å². The molecule has 5 nitrogen and oxygen atoms in total. The molecule has 90 valence electrons. The van der Waals surface area contributed by atoms with E-state index in [1.54, 1.807) is 12.1 Å². The van der Waals surface area contributed by atoms with Crippen molar-refractivity contribution in [2.75, 3.05) is 27.4 Å². The molecule has 6 heteroatoms. The van der Waals surface area contributed by atoms with E-state index in [0.29, 0.717) is 12.4 Å². The van der Waals surface area contributed by atoms with E-state index in [-0.39, 0.29) is 11.4 Å². The van der Waals surface area contributed by atoms with E-state index in [0.717, 1.165) is 0 Å². The Hall–Kier alpha value is -1.11. The lowest BCUT2D eigenvalue weighted by Crippen LogP contribution is -2.27. The molecule has 1 rings (SSSR count). The summed E-state index contributed by atoms with van der Waals surface area (Å²) in [5, 5.41) is 0. The molecule has 0 atom stereocenters. The van der Waals surface area contributed by atoms with Gasteiger partial charge in [0, 0.05) is 19.7 Å². The first-order valence-corrected chi connectivity index (χ1v) is 6.21. The van der Waals surface area contributed by atoms with Gasteiger partial charge in [-0.2, -0.15) is 0 Å². The first-order chi connectivity index (χ1) is 7.60. The Balaban J connectivity index is 2.81. The highest BCUT2D eigenvalue weighted by Crippen LogP contribution is 2.16. The second-order valence-corrected chi connectivity index (χ2v) is 4.84. The average Bonchev–Trinajstić information content (AvgIpc) is 2.29. The summed E-state index contributed by atoms with van der Waals surface area (Å²) >= 11 is 0. The molecule has 0 aliphatic heterocycles. The number of benzene rings is 1. The molecule has 16 heavy (non-hydrogen) atoms. The number of hydrogen-bond donors (Lipinski definition) is 1. The summed E-state index contributed by atoms with van der Waals surface area (Å²) in [4.78, 5) is 0.183. The van der Waals surface area contributed by atoms with Crippen LogP contribution in [0.5, 0.6) is 5.75 Å². The smallest absolute Gasteiger partial charge is 0.240 e. The normalized spacial score (nSPS) is 11.4. The zero-order chi connectivity index (χ0) is 12.0. The van der Waals surface area contributed by atoms with Crippen molar-refractivity contribution in [3.05, 3.63) is 24.3 Å². The fourth-order valence-electron chi connectivity index (χ4n) is 1.13. The van der Waals surface area contributed by atoms with Gasteiger partial charge < -0.3 is 9.47 Å². The maximum absolute atomic E-state index is 11.8. The number of ether oxygens (including phenoxy) is 2. The summed E-state index contributed by atoms with van der Waals surface area (Å²) in [5.74, 6) is 0.509. The first-order valence-electron chi connectivity index (χ1n) is 4.73. The third-order valence-electron chi connectivity index (χ3n) is 1.95. The van der Waals surface area contributed by atoms with Crippen molar-refractivity contribution in [2.45, 2.75) is 4.90 Å². The molecule has 0 spiro atoms. The quantitative estimate of drug-likeness (QED) is 0.746. The molecule has 0 saturated heterocycles. The zero-order valence-corrected chi connectivity index (χ0v) is 10.1. The highest BCUT2D eigenvalue weighted by atomic mass is 32.2. The number of hydrogen-bond acceptors (Lipinski definition) is 4. The van der Waals surface area contributed by atoms with Crippen molar-refractivity contribution in [3.8, 4) is 5.75 Å². The Bertz CT molecular complexity index is 430. The summed E-state index contributed by atoms with van der Waals surface area (Å²) in [5.41, 5.74) is 0. The Kier molecular flexibility index (Phi) is 4.72. The fraction of sp³-hybridized carbons (Fsp3) is 0.400. The zero-order valence-electron chi connectivity index (χ0n) is 9.26. The minimum absolute atomic E-state index is 0.183. The predicted molar refractivity (Wildman–Crippen MR) is 60.1 cm³/mol. The van der Waals surface area contributed by atoms with Crippen molar-refractivity contribution in [2.24, 2.45) is 0 Å². The van der Waals surface area contributed by atoms with Gasteiger partial charge in [0.25, 0.3) is 0 Å². The molecular formula is C10H15NO4S. The van der Waals surface area contributed by atoms with Crippen molar-refractivity contribution in [3.63, 3.8) is 0 Å². The summed E-state index contributed by atoms with van der Waals surface area (Å²) in [6.45, 7) is 0.583. The van der Waals surface area contributed by atoms with Crippen LogP contribution in [-0.4, -0.2) is 35.8 Å². The molecule has 0 heterocycles. The van der Waals surface area contributed by atoms with E-state index in [9.17, 15) is 8.42 Å². The first kappa shape index (κ1) is 13.0. The minimum atomic E-state index is -3.48. The lowest BCUT2D eigenvalue weighted by atomic mass is 10.3. The van der Waals surface area contributed by atoms with Crippen LogP contribution < -0.4 is 9.46 Å². The van der Waals surface area contributed by atoms with Crippen LogP contribution in [0.15, 0.2) is 29.2 Å².